The summed E-state index contributed by atoms with van der Waals surface area (Å²) in [6, 6.07) is 5.05. The maximum absolute atomic E-state index is 4.75. The molecular weight excluding hydrogens is 280 g/mol. The van der Waals surface area contributed by atoms with E-state index >= 15 is 0 Å². The lowest BCUT2D eigenvalue weighted by molar-refractivity contribution is 0.682. The van der Waals surface area contributed by atoms with Crippen molar-refractivity contribution in [2.75, 3.05) is 11.9 Å². The average molecular weight is 302 g/mol. The van der Waals surface area contributed by atoms with Crippen LogP contribution in [0, 0.1) is 13.8 Å². The molecule has 112 valence electrons. The monoisotopic (exact) mass is 302 g/mol. The van der Waals surface area contributed by atoms with E-state index in [1.54, 1.807) is 11.3 Å². The van der Waals surface area contributed by atoms with E-state index in [0.717, 1.165) is 36.3 Å². The Labute approximate surface area is 130 Å². The highest BCUT2D eigenvalue weighted by Crippen LogP contribution is 2.22. The van der Waals surface area contributed by atoms with Crippen molar-refractivity contribution in [2.45, 2.75) is 45.8 Å². The zero-order chi connectivity index (χ0) is 14.8. The summed E-state index contributed by atoms with van der Waals surface area (Å²) in [7, 11) is 2.09. The first kappa shape index (κ1) is 14.5. The molecule has 4 nitrogen and oxygen atoms in total. The van der Waals surface area contributed by atoms with Gasteiger partial charge in [-0.1, -0.05) is 6.07 Å². The van der Waals surface area contributed by atoms with Crippen LogP contribution >= 0.6 is 11.3 Å². The van der Waals surface area contributed by atoms with Gasteiger partial charge < -0.3 is 10.2 Å². The van der Waals surface area contributed by atoms with Crippen molar-refractivity contribution in [3.8, 4) is 0 Å². The molecule has 0 aromatic carbocycles. The van der Waals surface area contributed by atoms with Gasteiger partial charge in [0.05, 0.1) is 17.7 Å². The molecule has 0 aliphatic heterocycles. The number of hydrogen-bond donors (Lipinski definition) is 1. The Hall–Kier alpha value is -1.46. The van der Waals surface area contributed by atoms with Crippen molar-refractivity contribution in [1.29, 1.82) is 0 Å². The predicted octanol–water partition coefficient (Wildman–Crippen LogP) is 3.04. The highest BCUT2D eigenvalue weighted by molar-refractivity contribution is 7.09. The maximum Gasteiger partial charge on any atom is 0.128 e. The van der Waals surface area contributed by atoms with Gasteiger partial charge in [-0.3, -0.25) is 0 Å². The van der Waals surface area contributed by atoms with Gasteiger partial charge >= 0.3 is 0 Å². The summed E-state index contributed by atoms with van der Waals surface area (Å²) in [5.41, 5.74) is 5.44. The summed E-state index contributed by atoms with van der Waals surface area (Å²) < 4.78 is 0. The van der Waals surface area contributed by atoms with Crippen LogP contribution in [0.1, 0.15) is 34.7 Å². The lowest BCUT2D eigenvalue weighted by Crippen LogP contribution is -2.20. The van der Waals surface area contributed by atoms with Crippen LogP contribution in [0.5, 0.6) is 0 Å². The highest BCUT2D eigenvalue weighted by atomic mass is 32.1. The van der Waals surface area contributed by atoms with Crippen molar-refractivity contribution in [1.82, 2.24) is 15.3 Å². The molecule has 2 aromatic heterocycles. The quantitative estimate of drug-likeness (QED) is 0.890. The van der Waals surface area contributed by atoms with Crippen molar-refractivity contribution < 1.29 is 0 Å². The number of anilines is 1. The SMILES string of the molecule is Cc1nc(N(C)Cc2scnc2C)ccc1CNC1CC1. The van der Waals surface area contributed by atoms with Crippen LogP contribution in [0.25, 0.3) is 0 Å². The smallest absolute Gasteiger partial charge is 0.128 e. The van der Waals surface area contributed by atoms with Gasteiger partial charge in [-0.05, 0) is 38.3 Å². The van der Waals surface area contributed by atoms with Crippen molar-refractivity contribution >= 4 is 17.2 Å². The standard InChI is InChI=1S/C16H22N4S/c1-11-13(8-17-14-5-6-14)4-7-16(19-11)20(3)9-15-12(2)18-10-21-15/h4,7,10,14,17H,5-6,8-9H2,1-3H3. The van der Waals surface area contributed by atoms with E-state index in [1.807, 2.05) is 5.51 Å². The number of thiazole rings is 1. The number of aromatic nitrogens is 2. The van der Waals surface area contributed by atoms with Crippen LogP contribution in [0.3, 0.4) is 0 Å². The minimum atomic E-state index is 0.737. The molecular formula is C16H22N4S. The summed E-state index contributed by atoms with van der Waals surface area (Å²) >= 11 is 1.71. The molecule has 0 unspecified atom stereocenters. The van der Waals surface area contributed by atoms with Crippen LogP contribution < -0.4 is 10.2 Å². The molecule has 0 radical (unpaired) electrons. The number of rotatable bonds is 6. The van der Waals surface area contributed by atoms with Crippen LogP contribution in [0.4, 0.5) is 5.82 Å². The lowest BCUT2D eigenvalue weighted by Gasteiger charge is -2.19. The molecule has 1 fully saturated rings. The van der Waals surface area contributed by atoms with E-state index in [4.69, 9.17) is 4.98 Å². The third-order valence-corrected chi connectivity index (χ3v) is 4.88. The first-order valence-corrected chi connectivity index (χ1v) is 8.31. The molecule has 5 heteroatoms. The minimum absolute atomic E-state index is 0.737. The molecule has 0 saturated heterocycles. The Bertz CT molecular complexity index is 618. The van der Waals surface area contributed by atoms with E-state index in [0.29, 0.717) is 0 Å². The molecule has 1 aliphatic carbocycles. The predicted molar refractivity (Wildman–Crippen MR) is 87.8 cm³/mol. The van der Waals surface area contributed by atoms with E-state index in [-0.39, 0.29) is 0 Å². The van der Waals surface area contributed by atoms with E-state index in [2.05, 4.69) is 48.2 Å². The van der Waals surface area contributed by atoms with Gasteiger partial charge in [0, 0.05) is 30.2 Å². The number of hydrogen-bond acceptors (Lipinski definition) is 5. The van der Waals surface area contributed by atoms with Crippen LogP contribution in [-0.2, 0) is 13.1 Å². The largest absolute Gasteiger partial charge is 0.354 e. The van der Waals surface area contributed by atoms with Gasteiger partial charge in [-0.15, -0.1) is 11.3 Å². The second kappa shape index (κ2) is 6.12. The summed E-state index contributed by atoms with van der Waals surface area (Å²) in [5, 5.41) is 3.55. The summed E-state index contributed by atoms with van der Waals surface area (Å²) in [5.74, 6) is 1.02. The van der Waals surface area contributed by atoms with E-state index in [1.165, 1.54) is 23.3 Å². The van der Waals surface area contributed by atoms with Crippen LogP contribution in [0.2, 0.25) is 0 Å². The molecule has 1 N–H and O–H groups in total. The molecule has 2 aromatic rings. The second-order valence-corrected chi connectivity index (χ2v) is 6.73. The number of aryl methyl sites for hydroxylation is 2. The van der Waals surface area contributed by atoms with E-state index < -0.39 is 0 Å². The molecule has 21 heavy (non-hydrogen) atoms. The lowest BCUT2D eigenvalue weighted by atomic mass is 10.2. The van der Waals surface area contributed by atoms with Crippen LogP contribution in [0.15, 0.2) is 17.6 Å². The Morgan fingerprint density at radius 1 is 1.29 bits per heavy atom. The Kier molecular flexibility index (Phi) is 4.22. The Morgan fingerprint density at radius 3 is 2.71 bits per heavy atom. The Balaban J connectivity index is 1.66. The van der Waals surface area contributed by atoms with Crippen molar-refractivity contribution in [2.24, 2.45) is 0 Å². The van der Waals surface area contributed by atoms with Gasteiger partial charge in [0.2, 0.25) is 0 Å². The zero-order valence-corrected chi connectivity index (χ0v) is 13.7. The first-order chi connectivity index (χ1) is 10.1. The number of pyridine rings is 1. The Morgan fingerprint density at radius 2 is 2.10 bits per heavy atom. The third-order valence-electron chi connectivity index (χ3n) is 3.96. The van der Waals surface area contributed by atoms with E-state index in [9.17, 15) is 0 Å². The van der Waals surface area contributed by atoms with Crippen molar-refractivity contribution in [3.05, 3.63) is 39.5 Å². The maximum atomic E-state index is 4.75. The topological polar surface area (TPSA) is 41.1 Å². The van der Waals surface area contributed by atoms with Gasteiger partial charge in [-0.25, -0.2) is 9.97 Å². The average Bonchev–Trinajstić information content (AvgIpc) is 3.21. The second-order valence-electron chi connectivity index (χ2n) is 5.79. The van der Waals surface area contributed by atoms with Gasteiger partial charge in [0.15, 0.2) is 0 Å². The molecule has 0 amide bonds. The molecule has 0 spiro atoms. The molecule has 1 aliphatic rings. The molecule has 3 rings (SSSR count). The zero-order valence-electron chi connectivity index (χ0n) is 12.9. The molecule has 0 atom stereocenters. The normalized spacial score (nSPS) is 14.4. The van der Waals surface area contributed by atoms with Gasteiger partial charge in [0.25, 0.3) is 0 Å². The van der Waals surface area contributed by atoms with Crippen LogP contribution in [-0.4, -0.2) is 23.1 Å². The number of nitrogens with zero attached hydrogens (tertiary/aromatic N) is 3. The summed E-state index contributed by atoms with van der Waals surface area (Å²) in [4.78, 5) is 12.5. The molecule has 2 heterocycles. The molecule has 0 bridgehead atoms. The van der Waals surface area contributed by atoms with Gasteiger partial charge in [-0.2, -0.15) is 0 Å². The van der Waals surface area contributed by atoms with Crippen molar-refractivity contribution in [3.63, 3.8) is 0 Å². The highest BCUT2D eigenvalue weighted by Gasteiger charge is 2.20. The fourth-order valence-corrected chi connectivity index (χ4v) is 3.12. The first-order valence-electron chi connectivity index (χ1n) is 7.43. The fraction of sp³-hybridized carbons (Fsp3) is 0.500. The third kappa shape index (κ3) is 3.60. The summed E-state index contributed by atoms with van der Waals surface area (Å²) in [6.07, 6.45) is 2.64. The number of nitrogens with one attached hydrogen (secondary N) is 1. The fourth-order valence-electron chi connectivity index (χ4n) is 2.29. The molecule has 1 saturated carbocycles. The van der Waals surface area contributed by atoms with Gasteiger partial charge in [0.1, 0.15) is 5.82 Å². The summed E-state index contributed by atoms with van der Waals surface area (Å²) in [6.45, 7) is 5.95. The minimum Gasteiger partial charge on any atom is -0.354 e.